The summed E-state index contributed by atoms with van der Waals surface area (Å²) in [5, 5.41) is 11.7. The first-order valence-corrected chi connectivity index (χ1v) is 16.0. The summed E-state index contributed by atoms with van der Waals surface area (Å²) in [4.78, 5) is 14.1. The van der Waals surface area contributed by atoms with E-state index >= 15 is 0 Å². The lowest BCUT2D eigenvalue weighted by atomic mass is 10.2. The van der Waals surface area contributed by atoms with Gasteiger partial charge in [0.05, 0.1) is 16.8 Å². The molecule has 222 valence electrons. The molecule has 6 rings (SSSR count). The largest absolute Gasteiger partial charge is 0.369 e. The SMILES string of the molecule is CCCCNS(=O)(=O)c1cccc(Nc2ncc3nnn(-c4ccc(N5CCN(Cc6ccccc6)CC5)cc4)c3n2)c1. The highest BCUT2D eigenvalue weighted by molar-refractivity contribution is 7.89. The van der Waals surface area contributed by atoms with Crippen LogP contribution in [0.25, 0.3) is 16.9 Å². The zero-order chi connectivity index (χ0) is 29.6. The summed E-state index contributed by atoms with van der Waals surface area (Å²) in [5.74, 6) is 0.314. The number of rotatable bonds is 11. The van der Waals surface area contributed by atoms with Crippen LogP contribution >= 0.6 is 0 Å². The second-order valence-electron chi connectivity index (χ2n) is 10.6. The van der Waals surface area contributed by atoms with Crippen molar-refractivity contribution in [3.8, 4) is 5.69 Å². The number of hydrogen-bond donors (Lipinski definition) is 2. The molecule has 2 N–H and O–H groups in total. The van der Waals surface area contributed by atoms with Gasteiger partial charge in [0.1, 0.15) is 0 Å². The number of benzene rings is 3. The summed E-state index contributed by atoms with van der Waals surface area (Å²) < 4.78 is 29.7. The normalized spacial score (nSPS) is 14.3. The van der Waals surface area contributed by atoms with Crippen LogP contribution in [0.15, 0.2) is 90.0 Å². The minimum Gasteiger partial charge on any atom is -0.369 e. The van der Waals surface area contributed by atoms with Crippen LogP contribution in [0.4, 0.5) is 17.3 Å². The van der Waals surface area contributed by atoms with E-state index < -0.39 is 10.0 Å². The number of hydrogen-bond acceptors (Lipinski definition) is 9. The van der Waals surface area contributed by atoms with Gasteiger partial charge in [-0.05, 0) is 54.4 Å². The molecule has 0 saturated carbocycles. The van der Waals surface area contributed by atoms with Gasteiger partial charge in [-0.2, -0.15) is 9.67 Å². The van der Waals surface area contributed by atoms with Gasteiger partial charge >= 0.3 is 0 Å². The molecule has 12 heteroatoms. The average molecular weight is 598 g/mol. The molecule has 2 aromatic heterocycles. The molecule has 3 heterocycles. The molecule has 43 heavy (non-hydrogen) atoms. The minimum absolute atomic E-state index is 0.180. The fourth-order valence-electron chi connectivity index (χ4n) is 5.11. The van der Waals surface area contributed by atoms with Crippen molar-refractivity contribution < 1.29 is 8.42 Å². The summed E-state index contributed by atoms with van der Waals surface area (Å²) in [5.41, 5.74) is 5.02. The van der Waals surface area contributed by atoms with Crippen LogP contribution < -0.4 is 14.9 Å². The van der Waals surface area contributed by atoms with Gasteiger partial charge in [0.15, 0.2) is 11.2 Å². The van der Waals surface area contributed by atoms with E-state index in [1.165, 1.54) is 11.3 Å². The third-order valence-corrected chi connectivity index (χ3v) is 8.95. The Labute approximate surface area is 251 Å². The smallest absolute Gasteiger partial charge is 0.240 e. The van der Waals surface area contributed by atoms with E-state index in [1.54, 1.807) is 35.1 Å². The quantitative estimate of drug-likeness (QED) is 0.214. The Kier molecular flexibility index (Phi) is 8.59. The lowest BCUT2D eigenvalue weighted by molar-refractivity contribution is 0.250. The van der Waals surface area contributed by atoms with Gasteiger partial charge in [-0.3, -0.25) is 4.90 Å². The monoisotopic (exact) mass is 597 g/mol. The summed E-state index contributed by atoms with van der Waals surface area (Å²) in [7, 11) is -3.60. The molecule has 1 aliphatic rings. The number of aromatic nitrogens is 5. The second kappa shape index (κ2) is 12.9. The van der Waals surface area contributed by atoms with E-state index in [4.69, 9.17) is 0 Å². The topological polar surface area (TPSA) is 121 Å². The van der Waals surface area contributed by atoms with Crippen molar-refractivity contribution >= 4 is 38.5 Å². The van der Waals surface area contributed by atoms with Crippen molar-refractivity contribution in [2.24, 2.45) is 0 Å². The van der Waals surface area contributed by atoms with Crippen molar-refractivity contribution in [2.75, 3.05) is 42.9 Å². The summed E-state index contributed by atoms with van der Waals surface area (Å²) in [6, 6.07) is 25.5. The molecule has 0 aliphatic carbocycles. The van der Waals surface area contributed by atoms with Crippen molar-refractivity contribution in [3.63, 3.8) is 0 Å². The number of unbranched alkanes of at least 4 members (excludes halogenated alkanes) is 1. The molecule has 3 aromatic carbocycles. The molecule has 1 fully saturated rings. The van der Waals surface area contributed by atoms with Crippen LogP contribution in [-0.4, -0.2) is 71.0 Å². The van der Waals surface area contributed by atoms with Gasteiger partial charge in [0, 0.05) is 50.6 Å². The van der Waals surface area contributed by atoms with Crippen molar-refractivity contribution in [2.45, 2.75) is 31.2 Å². The summed E-state index contributed by atoms with van der Waals surface area (Å²) in [6.07, 6.45) is 3.29. The summed E-state index contributed by atoms with van der Waals surface area (Å²) >= 11 is 0. The number of sulfonamides is 1. The van der Waals surface area contributed by atoms with Gasteiger partial charge in [-0.1, -0.05) is 55.0 Å². The van der Waals surface area contributed by atoms with Crippen molar-refractivity contribution in [3.05, 3.63) is 90.6 Å². The molecule has 0 amide bonds. The molecule has 0 bridgehead atoms. The van der Waals surface area contributed by atoms with Crippen LogP contribution in [0.5, 0.6) is 0 Å². The third kappa shape index (κ3) is 6.82. The maximum absolute atomic E-state index is 12.7. The number of nitrogens with zero attached hydrogens (tertiary/aromatic N) is 7. The Hall–Kier alpha value is -4.39. The lowest BCUT2D eigenvalue weighted by Crippen LogP contribution is -2.45. The molecule has 0 spiro atoms. The van der Waals surface area contributed by atoms with Gasteiger partial charge in [0.2, 0.25) is 16.0 Å². The van der Waals surface area contributed by atoms with Gasteiger partial charge < -0.3 is 10.2 Å². The minimum atomic E-state index is -3.60. The lowest BCUT2D eigenvalue weighted by Gasteiger charge is -2.36. The van der Waals surface area contributed by atoms with Gasteiger partial charge in [-0.15, -0.1) is 5.10 Å². The number of fused-ring (bicyclic) bond motifs is 1. The van der Waals surface area contributed by atoms with Gasteiger partial charge in [0.25, 0.3) is 0 Å². The van der Waals surface area contributed by atoms with E-state index in [0.29, 0.717) is 29.3 Å². The Balaban J connectivity index is 1.13. The molecule has 1 saturated heterocycles. The van der Waals surface area contributed by atoms with Crippen LogP contribution in [0, 0.1) is 0 Å². The summed E-state index contributed by atoms with van der Waals surface area (Å²) in [6.45, 7) is 7.37. The zero-order valence-electron chi connectivity index (χ0n) is 24.1. The third-order valence-electron chi connectivity index (χ3n) is 7.50. The molecule has 0 unspecified atom stereocenters. The Bertz CT molecular complexity index is 1770. The van der Waals surface area contributed by atoms with Crippen LogP contribution in [0.1, 0.15) is 25.3 Å². The number of anilines is 3. The predicted molar refractivity (Wildman–Crippen MR) is 168 cm³/mol. The molecule has 5 aromatic rings. The van der Waals surface area contributed by atoms with E-state index in [9.17, 15) is 8.42 Å². The van der Waals surface area contributed by atoms with Crippen molar-refractivity contribution in [1.29, 1.82) is 0 Å². The van der Waals surface area contributed by atoms with Gasteiger partial charge in [-0.25, -0.2) is 18.1 Å². The van der Waals surface area contributed by atoms with Crippen molar-refractivity contribution in [1.82, 2.24) is 34.6 Å². The maximum atomic E-state index is 12.7. The standard InChI is InChI=1S/C31H35N9O2S/c1-2-3-16-33-43(41,42)28-11-7-10-25(21-28)34-31-32-22-29-30(35-31)40(37-36-29)27-14-12-26(13-15-27)39-19-17-38(18-20-39)23-24-8-5-4-6-9-24/h4-15,21-22,33H,2-3,16-20,23H2,1H3,(H,32,34,35). The fourth-order valence-corrected chi connectivity index (χ4v) is 6.23. The Morgan fingerprint density at radius 3 is 2.42 bits per heavy atom. The molecule has 1 aliphatic heterocycles. The van der Waals surface area contributed by atoms with E-state index in [1.807, 2.05) is 19.1 Å². The van der Waals surface area contributed by atoms with E-state index in [2.05, 4.69) is 82.6 Å². The average Bonchev–Trinajstić information content (AvgIpc) is 3.46. The Morgan fingerprint density at radius 2 is 1.65 bits per heavy atom. The molecule has 11 nitrogen and oxygen atoms in total. The zero-order valence-corrected chi connectivity index (χ0v) is 24.9. The first-order valence-electron chi connectivity index (χ1n) is 14.6. The number of piperazine rings is 1. The molecule has 0 atom stereocenters. The Morgan fingerprint density at radius 1 is 0.884 bits per heavy atom. The molecular formula is C31H35N9O2S. The van der Waals surface area contributed by atoms with E-state index in [0.717, 1.165) is 51.3 Å². The number of nitrogens with one attached hydrogen (secondary N) is 2. The van der Waals surface area contributed by atoms with Crippen LogP contribution in [-0.2, 0) is 16.6 Å². The van der Waals surface area contributed by atoms with Crippen LogP contribution in [0.3, 0.4) is 0 Å². The second-order valence-corrected chi connectivity index (χ2v) is 12.3. The molecular weight excluding hydrogens is 562 g/mol. The first kappa shape index (κ1) is 28.7. The van der Waals surface area contributed by atoms with Crippen LogP contribution in [0.2, 0.25) is 0 Å². The van der Waals surface area contributed by atoms with E-state index in [-0.39, 0.29) is 4.90 Å². The highest BCUT2D eigenvalue weighted by Crippen LogP contribution is 2.23. The predicted octanol–water partition coefficient (Wildman–Crippen LogP) is 4.35. The highest BCUT2D eigenvalue weighted by Gasteiger charge is 2.18. The fraction of sp³-hybridized carbons (Fsp3) is 0.290. The molecule has 0 radical (unpaired) electrons. The highest BCUT2D eigenvalue weighted by atomic mass is 32.2. The first-order chi connectivity index (χ1) is 21.0. The maximum Gasteiger partial charge on any atom is 0.240 e.